The fourth-order valence-electron chi connectivity index (χ4n) is 1.46. The molecule has 0 aliphatic heterocycles. The first-order valence-electron chi connectivity index (χ1n) is 11.5. The maximum absolute atomic E-state index is 9.85. The molecule has 16 nitrogen and oxygen atoms in total. The first-order valence-corrected chi connectivity index (χ1v) is 13.8. The number of aliphatic hydroxyl groups excluding tert-OH is 6. The van der Waals surface area contributed by atoms with Gasteiger partial charge >= 0.3 is 7.82 Å². The molecular formula is C20H45Cl2O16P. The summed E-state index contributed by atoms with van der Waals surface area (Å²) < 4.78 is 42.5. The lowest BCUT2D eigenvalue weighted by atomic mass is 10.7. The van der Waals surface area contributed by atoms with Gasteiger partial charge in [-0.25, -0.2) is 4.57 Å². The fraction of sp³-hybridized carbons (Fsp3) is 0.900. The van der Waals surface area contributed by atoms with E-state index in [2.05, 4.69) is 4.52 Å². The van der Waals surface area contributed by atoms with Gasteiger partial charge in [-0.15, -0.1) is 0 Å². The monoisotopic (exact) mass is 642 g/mol. The summed E-state index contributed by atoms with van der Waals surface area (Å²) in [5, 5.41) is 49.6. The van der Waals surface area contributed by atoms with Crippen molar-refractivity contribution >= 4 is 31.0 Å². The molecule has 0 radical (unpaired) electrons. The number of hydrogen-bond acceptors (Lipinski definition) is 14. The number of phosphoric acid groups is 1. The summed E-state index contributed by atoms with van der Waals surface area (Å²) in [5.41, 5.74) is 0. The van der Waals surface area contributed by atoms with Gasteiger partial charge in [0.25, 0.3) is 0 Å². The minimum Gasteiger partial charge on any atom is -0.410 e. The van der Waals surface area contributed by atoms with Crippen LogP contribution < -0.4 is 0 Å². The SMILES string of the molecule is O=P(O)(O)OC=C(Cl)Cl.OCCOCCOCCO.OCCOCCOCCO.OCCOCCOCCO. The Morgan fingerprint density at radius 1 is 0.487 bits per heavy atom. The van der Waals surface area contributed by atoms with E-state index < -0.39 is 7.82 Å². The average Bonchev–Trinajstić information content (AvgIpc) is 2.90. The third-order valence-corrected chi connectivity index (χ3v) is 3.37. The number of ether oxygens (including phenoxy) is 6. The van der Waals surface area contributed by atoms with Crippen LogP contribution in [0.1, 0.15) is 0 Å². The van der Waals surface area contributed by atoms with E-state index in [0.717, 1.165) is 0 Å². The van der Waals surface area contributed by atoms with E-state index in [1.54, 1.807) is 0 Å². The molecule has 0 aromatic rings. The van der Waals surface area contributed by atoms with Crippen LogP contribution in [0.5, 0.6) is 0 Å². The topological polar surface area (TPSA) is 244 Å². The van der Waals surface area contributed by atoms with Gasteiger partial charge in [0, 0.05) is 0 Å². The van der Waals surface area contributed by atoms with Crippen molar-refractivity contribution in [3.8, 4) is 0 Å². The van der Waals surface area contributed by atoms with E-state index in [-0.39, 0.29) is 44.1 Å². The summed E-state index contributed by atoms with van der Waals surface area (Å²) in [4.78, 5) is 16.0. The van der Waals surface area contributed by atoms with Crippen molar-refractivity contribution in [1.29, 1.82) is 0 Å². The van der Waals surface area contributed by atoms with E-state index in [4.69, 9.17) is 92.0 Å². The predicted molar refractivity (Wildman–Crippen MR) is 140 cm³/mol. The number of phosphoric ester groups is 1. The summed E-state index contributed by atoms with van der Waals surface area (Å²) in [6.45, 7) is 5.18. The molecule has 0 atom stereocenters. The second-order valence-electron chi connectivity index (χ2n) is 6.02. The van der Waals surface area contributed by atoms with E-state index in [1.165, 1.54) is 0 Å². The lowest BCUT2D eigenvalue weighted by Gasteiger charge is -2.01. The highest BCUT2D eigenvalue weighted by molar-refractivity contribution is 7.46. The summed E-state index contributed by atoms with van der Waals surface area (Å²) in [6, 6.07) is 0. The van der Waals surface area contributed by atoms with E-state index in [1.807, 2.05) is 0 Å². The molecule has 0 rings (SSSR count). The minimum absolute atomic E-state index is 0.0417. The second kappa shape index (κ2) is 42.3. The minimum atomic E-state index is -4.46. The van der Waals surface area contributed by atoms with E-state index in [0.29, 0.717) is 85.5 Å². The molecule has 0 aromatic heterocycles. The summed E-state index contributed by atoms with van der Waals surface area (Å²) in [5.74, 6) is 0. The zero-order valence-electron chi connectivity index (χ0n) is 21.9. The van der Waals surface area contributed by atoms with Gasteiger partial charge in [0.1, 0.15) is 10.8 Å². The van der Waals surface area contributed by atoms with Crippen molar-refractivity contribution in [2.75, 3.05) is 119 Å². The summed E-state index contributed by atoms with van der Waals surface area (Å²) in [6.07, 6.45) is 0.559. The Labute approximate surface area is 238 Å². The molecule has 0 aliphatic carbocycles. The molecule has 8 N–H and O–H groups in total. The molecule has 0 saturated carbocycles. The van der Waals surface area contributed by atoms with Crippen molar-refractivity contribution < 1.29 is 77.9 Å². The van der Waals surface area contributed by atoms with Crippen LogP contribution in [0.25, 0.3) is 0 Å². The van der Waals surface area contributed by atoms with Gasteiger partial charge in [0.05, 0.1) is 119 Å². The van der Waals surface area contributed by atoms with Crippen molar-refractivity contribution in [2.45, 2.75) is 0 Å². The maximum atomic E-state index is 9.85. The number of halogens is 2. The van der Waals surface area contributed by atoms with Gasteiger partial charge in [-0.2, -0.15) is 0 Å². The Morgan fingerprint density at radius 2 is 0.692 bits per heavy atom. The van der Waals surface area contributed by atoms with Crippen LogP contribution in [0.4, 0.5) is 0 Å². The highest BCUT2D eigenvalue weighted by Crippen LogP contribution is 2.36. The lowest BCUT2D eigenvalue weighted by Crippen LogP contribution is -2.09. The predicted octanol–water partition coefficient (Wildman–Crippen LogP) is -1.62. The van der Waals surface area contributed by atoms with Gasteiger partial charge in [0.15, 0.2) is 0 Å². The molecule has 0 bridgehead atoms. The molecule has 0 unspecified atom stereocenters. The molecule has 19 heteroatoms. The van der Waals surface area contributed by atoms with Gasteiger partial charge in [-0.1, -0.05) is 23.2 Å². The van der Waals surface area contributed by atoms with Crippen LogP contribution in [-0.2, 0) is 37.5 Å². The van der Waals surface area contributed by atoms with Crippen molar-refractivity contribution in [1.82, 2.24) is 0 Å². The third-order valence-electron chi connectivity index (χ3n) is 2.81. The number of aliphatic hydroxyl groups is 6. The number of hydrogen-bond donors (Lipinski definition) is 8. The molecule has 0 heterocycles. The van der Waals surface area contributed by atoms with E-state index in [9.17, 15) is 4.57 Å². The Kier molecular flexibility index (Phi) is 49.6. The highest BCUT2D eigenvalue weighted by Gasteiger charge is 2.11. The van der Waals surface area contributed by atoms with Crippen LogP contribution in [0, 0.1) is 0 Å². The van der Waals surface area contributed by atoms with Gasteiger partial charge < -0.3 is 63.6 Å². The maximum Gasteiger partial charge on any atom is 0.524 e. The average molecular weight is 643 g/mol. The third kappa shape index (κ3) is 67.4. The first-order chi connectivity index (χ1) is 18.7. The normalized spacial score (nSPS) is 10.3. The van der Waals surface area contributed by atoms with Crippen LogP contribution >= 0.6 is 31.0 Å². The largest absolute Gasteiger partial charge is 0.524 e. The van der Waals surface area contributed by atoms with Crippen molar-refractivity contribution in [3.63, 3.8) is 0 Å². The van der Waals surface area contributed by atoms with Crippen LogP contribution in [-0.4, -0.2) is 159 Å². The number of rotatable bonds is 23. The molecule has 39 heavy (non-hydrogen) atoms. The quantitative estimate of drug-likeness (QED) is 0.0354. The highest BCUT2D eigenvalue weighted by atomic mass is 35.5. The van der Waals surface area contributed by atoms with Crippen LogP contribution in [0.2, 0.25) is 0 Å². The molecule has 0 amide bonds. The Balaban J connectivity index is -0.000000210. The lowest BCUT2D eigenvalue weighted by molar-refractivity contribution is 0.0222. The smallest absolute Gasteiger partial charge is 0.410 e. The summed E-state index contributed by atoms with van der Waals surface area (Å²) >= 11 is 9.88. The molecule has 240 valence electrons. The molecule has 0 aromatic carbocycles. The molecule has 0 fully saturated rings. The fourth-order valence-corrected chi connectivity index (χ4v) is 1.92. The Morgan fingerprint density at radius 3 is 0.795 bits per heavy atom. The first kappa shape index (κ1) is 45.8. The summed E-state index contributed by atoms with van der Waals surface area (Å²) in [7, 11) is -4.46. The van der Waals surface area contributed by atoms with Crippen molar-refractivity contribution in [2.24, 2.45) is 0 Å². The zero-order valence-corrected chi connectivity index (χ0v) is 24.3. The second-order valence-corrected chi connectivity index (χ2v) is 8.22. The molecule has 0 spiro atoms. The Bertz CT molecular complexity index is 436. The van der Waals surface area contributed by atoms with Gasteiger partial charge in [-0.3, -0.25) is 9.79 Å². The zero-order chi connectivity index (χ0) is 30.5. The van der Waals surface area contributed by atoms with Gasteiger partial charge in [0.2, 0.25) is 0 Å². The standard InChI is InChI=1S/3C6H14O4.C2H3Cl2O4P/c3*7-1-3-9-5-6-10-4-2-8;3-2(4)1-8-9(5,6)7/h3*7-8H,1-6H2;1H,(H2,5,6,7). The molecular weight excluding hydrogens is 598 g/mol. The van der Waals surface area contributed by atoms with Crippen LogP contribution in [0.3, 0.4) is 0 Å². The van der Waals surface area contributed by atoms with E-state index >= 15 is 0 Å². The molecule has 0 saturated heterocycles. The Hall–Kier alpha value is -0.210. The van der Waals surface area contributed by atoms with Crippen LogP contribution in [0.15, 0.2) is 10.8 Å². The van der Waals surface area contributed by atoms with Gasteiger partial charge in [-0.05, 0) is 0 Å². The molecule has 0 aliphatic rings. The van der Waals surface area contributed by atoms with Crippen molar-refractivity contribution in [3.05, 3.63) is 10.8 Å².